The van der Waals surface area contributed by atoms with Gasteiger partial charge in [-0.3, -0.25) is 4.79 Å². The van der Waals surface area contributed by atoms with E-state index in [2.05, 4.69) is 20.8 Å². The van der Waals surface area contributed by atoms with E-state index < -0.39 is 0 Å². The molecule has 1 atom stereocenters. The van der Waals surface area contributed by atoms with Gasteiger partial charge in [-0.1, -0.05) is 35.1 Å². The van der Waals surface area contributed by atoms with Gasteiger partial charge in [0.2, 0.25) is 5.01 Å². The molecular weight excluding hydrogens is 410 g/mol. The van der Waals surface area contributed by atoms with Crippen LogP contribution in [0.1, 0.15) is 50.4 Å². The molecule has 0 radical (unpaired) electrons. The SMILES string of the molecule is Cc1ccc(NC(=O)c2nnc(C3CCCN3C(=O)Nc3ccc(C)c(C)c3)s2)cc1. The van der Waals surface area contributed by atoms with Crippen LogP contribution in [-0.2, 0) is 0 Å². The molecule has 1 aromatic heterocycles. The van der Waals surface area contributed by atoms with Gasteiger partial charge in [0.25, 0.3) is 5.91 Å². The maximum atomic E-state index is 12.9. The summed E-state index contributed by atoms with van der Waals surface area (Å²) in [6.07, 6.45) is 1.68. The molecule has 31 heavy (non-hydrogen) atoms. The second kappa shape index (κ2) is 8.85. The maximum Gasteiger partial charge on any atom is 0.322 e. The Labute approximate surface area is 185 Å². The highest BCUT2D eigenvalue weighted by Gasteiger charge is 2.33. The zero-order chi connectivity index (χ0) is 22.0. The lowest BCUT2D eigenvalue weighted by Crippen LogP contribution is -2.34. The number of likely N-dealkylation sites (tertiary alicyclic amines) is 1. The first-order valence-corrected chi connectivity index (χ1v) is 11.1. The molecule has 160 valence electrons. The molecule has 1 saturated heterocycles. The number of aryl methyl sites for hydroxylation is 3. The van der Waals surface area contributed by atoms with Crippen molar-refractivity contribution in [2.24, 2.45) is 0 Å². The van der Waals surface area contributed by atoms with Crippen molar-refractivity contribution in [1.82, 2.24) is 15.1 Å². The van der Waals surface area contributed by atoms with Crippen molar-refractivity contribution in [3.63, 3.8) is 0 Å². The van der Waals surface area contributed by atoms with E-state index in [0.29, 0.717) is 17.2 Å². The summed E-state index contributed by atoms with van der Waals surface area (Å²) in [5.41, 5.74) is 4.92. The molecular formula is C23H25N5O2S. The van der Waals surface area contributed by atoms with Crippen LogP contribution in [0.4, 0.5) is 16.2 Å². The Morgan fingerprint density at radius 1 is 0.968 bits per heavy atom. The third-order valence-electron chi connectivity index (χ3n) is 5.50. The van der Waals surface area contributed by atoms with Crippen LogP contribution < -0.4 is 10.6 Å². The zero-order valence-corrected chi connectivity index (χ0v) is 18.6. The van der Waals surface area contributed by atoms with Crippen molar-refractivity contribution in [3.05, 3.63) is 69.2 Å². The van der Waals surface area contributed by atoms with Gasteiger partial charge in [0.15, 0.2) is 0 Å². The fourth-order valence-electron chi connectivity index (χ4n) is 3.56. The van der Waals surface area contributed by atoms with Crippen molar-refractivity contribution in [2.45, 2.75) is 39.7 Å². The van der Waals surface area contributed by atoms with Gasteiger partial charge in [-0.05, 0) is 69.0 Å². The largest absolute Gasteiger partial charge is 0.322 e. The number of carbonyl (C=O) groups excluding carboxylic acids is 2. The van der Waals surface area contributed by atoms with E-state index in [1.807, 2.05) is 63.2 Å². The minimum absolute atomic E-state index is 0.161. The molecule has 2 aromatic carbocycles. The van der Waals surface area contributed by atoms with Crippen molar-refractivity contribution in [3.8, 4) is 0 Å². The molecule has 3 aromatic rings. The van der Waals surface area contributed by atoms with Crippen molar-refractivity contribution in [2.75, 3.05) is 17.2 Å². The van der Waals surface area contributed by atoms with E-state index in [1.165, 1.54) is 16.9 Å². The van der Waals surface area contributed by atoms with E-state index in [0.717, 1.165) is 29.7 Å². The second-order valence-electron chi connectivity index (χ2n) is 7.85. The van der Waals surface area contributed by atoms with Crippen LogP contribution in [0.2, 0.25) is 0 Å². The first kappa shape index (κ1) is 21.0. The predicted molar refractivity (Wildman–Crippen MR) is 123 cm³/mol. The van der Waals surface area contributed by atoms with E-state index in [1.54, 1.807) is 4.90 Å². The number of nitrogens with one attached hydrogen (secondary N) is 2. The van der Waals surface area contributed by atoms with Gasteiger partial charge in [0.05, 0.1) is 6.04 Å². The number of hydrogen-bond donors (Lipinski definition) is 2. The average molecular weight is 436 g/mol. The Bertz CT molecular complexity index is 1110. The lowest BCUT2D eigenvalue weighted by Gasteiger charge is -2.23. The minimum Gasteiger partial charge on any atom is -0.320 e. The molecule has 2 N–H and O–H groups in total. The summed E-state index contributed by atoms with van der Waals surface area (Å²) in [5.74, 6) is -0.295. The van der Waals surface area contributed by atoms with Crippen LogP contribution in [0.25, 0.3) is 0 Å². The molecule has 1 fully saturated rings. The number of aromatic nitrogens is 2. The molecule has 7 nitrogen and oxygen atoms in total. The fraction of sp³-hybridized carbons (Fsp3) is 0.304. The lowest BCUT2D eigenvalue weighted by atomic mass is 10.1. The van der Waals surface area contributed by atoms with Gasteiger partial charge in [0, 0.05) is 17.9 Å². The van der Waals surface area contributed by atoms with Gasteiger partial charge in [-0.2, -0.15) is 0 Å². The van der Waals surface area contributed by atoms with Gasteiger partial charge in [-0.25, -0.2) is 4.79 Å². The summed E-state index contributed by atoms with van der Waals surface area (Å²) in [5, 5.41) is 15.1. The second-order valence-corrected chi connectivity index (χ2v) is 8.86. The Kier molecular flexibility index (Phi) is 5.99. The third kappa shape index (κ3) is 4.74. The highest BCUT2D eigenvalue weighted by atomic mass is 32.1. The van der Waals surface area contributed by atoms with E-state index in [4.69, 9.17) is 0 Å². The van der Waals surface area contributed by atoms with Gasteiger partial charge in [-0.15, -0.1) is 10.2 Å². The number of urea groups is 1. The fourth-order valence-corrected chi connectivity index (χ4v) is 4.45. The van der Waals surface area contributed by atoms with Crippen LogP contribution in [0.5, 0.6) is 0 Å². The third-order valence-corrected chi connectivity index (χ3v) is 6.52. The Morgan fingerprint density at radius 3 is 2.45 bits per heavy atom. The molecule has 1 aliphatic heterocycles. The Hall–Kier alpha value is -3.26. The topological polar surface area (TPSA) is 87.2 Å². The molecule has 0 spiro atoms. The van der Waals surface area contributed by atoms with E-state index in [-0.39, 0.29) is 23.0 Å². The first-order chi connectivity index (χ1) is 14.9. The predicted octanol–water partition coefficient (Wildman–Crippen LogP) is 5.08. The van der Waals surface area contributed by atoms with Crippen molar-refractivity contribution >= 4 is 34.6 Å². The number of rotatable bonds is 4. The van der Waals surface area contributed by atoms with Crippen LogP contribution in [0, 0.1) is 20.8 Å². The van der Waals surface area contributed by atoms with Crippen LogP contribution in [0.15, 0.2) is 42.5 Å². The normalized spacial score (nSPS) is 15.7. The standard InChI is InChI=1S/C23H25N5O2S/c1-14-6-9-17(10-7-14)24-20(29)22-27-26-21(31-22)19-5-4-12-28(19)23(30)25-18-11-8-15(2)16(3)13-18/h6-11,13,19H,4-5,12H2,1-3H3,(H,24,29)(H,25,30). The van der Waals surface area contributed by atoms with Gasteiger partial charge < -0.3 is 15.5 Å². The van der Waals surface area contributed by atoms with Crippen LogP contribution in [-0.4, -0.2) is 33.6 Å². The number of nitrogens with zero attached hydrogens (tertiary/aromatic N) is 3. The molecule has 2 heterocycles. The van der Waals surface area contributed by atoms with Crippen molar-refractivity contribution < 1.29 is 9.59 Å². The molecule has 4 rings (SSSR count). The smallest absolute Gasteiger partial charge is 0.320 e. The highest BCUT2D eigenvalue weighted by molar-refractivity contribution is 7.13. The quantitative estimate of drug-likeness (QED) is 0.598. The number of anilines is 2. The molecule has 0 bridgehead atoms. The average Bonchev–Trinajstić information content (AvgIpc) is 3.42. The van der Waals surface area contributed by atoms with Gasteiger partial charge in [0.1, 0.15) is 5.01 Å². The summed E-state index contributed by atoms with van der Waals surface area (Å²) >= 11 is 1.24. The summed E-state index contributed by atoms with van der Waals surface area (Å²) in [6.45, 7) is 6.70. The number of hydrogen-bond acceptors (Lipinski definition) is 5. The Morgan fingerprint density at radius 2 is 1.71 bits per heavy atom. The summed E-state index contributed by atoms with van der Waals surface area (Å²) in [4.78, 5) is 27.2. The lowest BCUT2D eigenvalue weighted by molar-refractivity contribution is 0.102. The summed E-state index contributed by atoms with van der Waals surface area (Å²) < 4.78 is 0. The monoisotopic (exact) mass is 435 g/mol. The molecule has 0 aliphatic carbocycles. The van der Waals surface area contributed by atoms with Crippen LogP contribution >= 0.6 is 11.3 Å². The molecule has 1 unspecified atom stereocenters. The molecule has 8 heteroatoms. The number of benzene rings is 2. The molecule has 0 saturated carbocycles. The number of amides is 3. The molecule has 3 amide bonds. The molecule has 1 aliphatic rings. The number of carbonyl (C=O) groups is 2. The zero-order valence-electron chi connectivity index (χ0n) is 17.8. The summed E-state index contributed by atoms with van der Waals surface area (Å²) in [6, 6.07) is 13.1. The first-order valence-electron chi connectivity index (χ1n) is 10.3. The van der Waals surface area contributed by atoms with Crippen LogP contribution in [0.3, 0.4) is 0 Å². The highest BCUT2D eigenvalue weighted by Crippen LogP contribution is 2.34. The van der Waals surface area contributed by atoms with Gasteiger partial charge >= 0.3 is 6.03 Å². The summed E-state index contributed by atoms with van der Waals surface area (Å²) in [7, 11) is 0. The van der Waals surface area contributed by atoms with Crippen molar-refractivity contribution in [1.29, 1.82) is 0 Å². The minimum atomic E-state index is -0.295. The Balaban J connectivity index is 1.44. The van der Waals surface area contributed by atoms with E-state index >= 15 is 0 Å². The van der Waals surface area contributed by atoms with E-state index in [9.17, 15) is 9.59 Å². The maximum absolute atomic E-state index is 12.9.